The molecule has 1 heterocycles. The quantitative estimate of drug-likeness (QED) is 0.767. The van der Waals surface area contributed by atoms with E-state index in [9.17, 15) is 9.59 Å². The van der Waals surface area contributed by atoms with E-state index in [1.165, 1.54) is 19.9 Å². The first-order valence-electron chi connectivity index (χ1n) is 6.09. The zero-order chi connectivity index (χ0) is 14.9. The number of hydrogen-bond acceptors (Lipinski definition) is 4. The first-order chi connectivity index (χ1) is 9.31. The van der Waals surface area contributed by atoms with E-state index in [0.717, 1.165) is 5.39 Å². The number of rotatable bonds is 3. The average Bonchev–Trinajstić information content (AvgIpc) is 2.38. The lowest BCUT2D eigenvalue weighted by Crippen LogP contribution is -2.53. The lowest BCUT2D eigenvalue weighted by Gasteiger charge is -2.22. The van der Waals surface area contributed by atoms with Gasteiger partial charge in [-0.3, -0.25) is 9.59 Å². The van der Waals surface area contributed by atoms with E-state index in [4.69, 9.17) is 11.5 Å². The molecule has 0 fully saturated rings. The van der Waals surface area contributed by atoms with E-state index in [1.54, 1.807) is 6.07 Å². The Morgan fingerprint density at radius 1 is 1.25 bits per heavy atom. The second-order valence-corrected chi connectivity index (χ2v) is 5.06. The second-order valence-electron chi connectivity index (χ2n) is 5.06. The number of carbonyl (C=O) groups is 2. The Hall–Kier alpha value is -2.63. The van der Waals surface area contributed by atoms with Crippen LogP contribution in [0.3, 0.4) is 0 Å². The highest BCUT2D eigenvalue weighted by atomic mass is 16.2. The van der Waals surface area contributed by atoms with Crippen LogP contribution in [0.25, 0.3) is 10.9 Å². The van der Waals surface area contributed by atoms with Gasteiger partial charge in [0, 0.05) is 11.1 Å². The number of aromatic nitrogens is 1. The molecule has 2 rings (SSSR count). The fraction of sp³-hybridized carbons (Fsp3) is 0.214. The molecule has 2 amide bonds. The van der Waals surface area contributed by atoms with Crippen molar-refractivity contribution >= 4 is 28.4 Å². The van der Waals surface area contributed by atoms with E-state index in [1.807, 2.05) is 18.2 Å². The van der Waals surface area contributed by atoms with Gasteiger partial charge in [-0.15, -0.1) is 0 Å². The number of carbonyl (C=O) groups excluding carboxylic acids is 2. The minimum absolute atomic E-state index is 0.149. The first-order valence-corrected chi connectivity index (χ1v) is 6.09. The summed E-state index contributed by atoms with van der Waals surface area (Å²) in [5.74, 6) is -1.12. The molecule has 0 aliphatic carbocycles. The number of fused-ring (bicyclic) bond motifs is 1. The summed E-state index contributed by atoms with van der Waals surface area (Å²) in [5.41, 5.74) is 11.2. The Balaban J connectivity index is 2.38. The van der Waals surface area contributed by atoms with Gasteiger partial charge in [-0.2, -0.15) is 0 Å². The number of primary amides is 1. The van der Waals surface area contributed by atoms with Gasteiger partial charge in [-0.05, 0) is 26.0 Å². The molecule has 0 bridgehead atoms. The van der Waals surface area contributed by atoms with E-state index in [-0.39, 0.29) is 5.69 Å². The highest BCUT2D eigenvalue weighted by Gasteiger charge is 2.28. The molecule has 0 atom stereocenters. The lowest BCUT2D eigenvalue weighted by atomic mass is 10.0. The van der Waals surface area contributed by atoms with Crippen LogP contribution in [0.2, 0.25) is 0 Å². The number of nitrogen functional groups attached to an aromatic ring is 1. The maximum absolute atomic E-state index is 12.1. The van der Waals surface area contributed by atoms with Gasteiger partial charge in [0.05, 0.1) is 5.52 Å². The van der Waals surface area contributed by atoms with Crippen molar-refractivity contribution in [2.45, 2.75) is 19.4 Å². The van der Waals surface area contributed by atoms with Crippen molar-refractivity contribution in [1.82, 2.24) is 10.3 Å². The average molecular weight is 272 g/mol. The topological polar surface area (TPSA) is 111 Å². The number of hydrogen-bond donors (Lipinski definition) is 3. The van der Waals surface area contributed by atoms with Crippen LogP contribution in [-0.2, 0) is 4.79 Å². The fourth-order valence-corrected chi connectivity index (χ4v) is 1.73. The van der Waals surface area contributed by atoms with Gasteiger partial charge in [0.15, 0.2) is 0 Å². The van der Waals surface area contributed by atoms with Gasteiger partial charge >= 0.3 is 0 Å². The molecule has 104 valence electrons. The summed E-state index contributed by atoms with van der Waals surface area (Å²) in [4.78, 5) is 27.6. The van der Waals surface area contributed by atoms with Gasteiger partial charge in [0.25, 0.3) is 5.91 Å². The molecule has 6 nitrogen and oxygen atoms in total. The number of nitrogens with zero attached hydrogens (tertiary/aromatic N) is 1. The predicted molar refractivity (Wildman–Crippen MR) is 76.9 cm³/mol. The maximum Gasteiger partial charge on any atom is 0.270 e. The largest absolute Gasteiger partial charge is 0.398 e. The van der Waals surface area contributed by atoms with Gasteiger partial charge in [-0.25, -0.2) is 4.98 Å². The molecular formula is C14H16N4O2. The molecule has 20 heavy (non-hydrogen) atoms. The van der Waals surface area contributed by atoms with Crippen LogP contribution in [-0.4, -0.2) is 22.3 Å². The van der Waals surface area contributed by atoms with Crippen LogP contribution >= 0.6 is 0 Å². The minimum Gasteiger partial charge on any atom is -0.398 e. The van der Waals surface area contributed by atoms with Crippen LogP contribution in [0.4, 0.5) is 5.69 Å². The molecular weight excluding hydrogens is 256 g/mol. The summed E-state index contributed by atoms with van der Waals surface area (Å²) in [6.07, 6.45) is 0. The standard InChI is InChI=1S/C14H16N4O2/c1-14(2,13(16)20)18-12(19)11-7-9(15)8-5-3-4-6-10(8)17-11/h3-7H,1-2H3,(H2,15,17)(H2,16,20)(H,18,19). The molecule has 0 saturated carbocycles. The van der Waals surface area contributed by atoms with Crippen LogP contribution in [0, 0.1) is 0 Å². The van der Waals surface area contributed by atoms with Crippen molar-refractivity contribution in [3.05, 3.63) is 36.0 Å². The summed E-state index contributed by atoms with van der Waals surface area (Å²) in [7, 11) is 0. The Kier molecular flexibility index (Phi) is 3.31. The number of nitrogens with two attached hydrogens (primary N) is 2. The molecule has 0 unspecified atom stereocenters. The van der Waals surface area contributed by atoms with E-state index >= 15 is 0 Å². The van der Waals surface area contributed by atoms with Gasteiger partial charge in [0.2, 0.25) is 5.91 Å². The number of benzene rings is 1. The van der Waals surface area contributed by atoms with Crippen LogP contribution < -0.4 is 16.8 Å². The molecule has 2 aromatic rings. The zero-order valence-corrected chi connectivity index (χ0v) is 11.3. The van der Waals surface area contributed by atoms with Crippen molar-refractivity contribution < 1.29 is 9.59 Å². The van der Waals surface area contributed by atoms with Crippen LogP contribution in [0.15, 0.2) is 30.3 Å². The fourth-order valence-electron chi connectivity index (χ4n) is 1.73. The molecule has 0 aliphatic rings. The number of amides is 2. The third-order valence-corrected chi connectivity index (χ3v) is 3.02. The number of anilines is 1. The SMILES string of the molecule is CC(C)(NC(=O)c1cc(N)c2ccccc2n1)C(N)=O. The Morgan fingerprint density at radius 3 is 2.55 bits per heavy atom. The molecule has 0 saturated heterocycles. The van der Waals surface area contributed by atoms with Gasteiger partial charge in [-0.1, -0.05) is 18.2 Å². The molecule has 0 spiro atoms. The first kappa shape index (κ1) is 13.8. The van der Waals surface area contributed by atoms with Gasteiger partial charge < -0.3 is 16.8 Å². The summed E-state index contributed by atoms with van der Waals surface area (Å²) < 4.78 is 0. The molecule has 1 aromatic carbocycles. The van der Waals surface area contributed by atoms with Crippen molar-refractivity contribution in [2.75, 3.05) is 5.73 Å². The third-order valence-electron chi connectivity index (χ3n) is 3.02. The van der Waals surface area contributed by atoms with E-state index < -0.39 is 17.4 Å². The van der Waals surface area contributed by atoms with Crippen molar-refractivity contribution in [1.29, 1.82) is 0 Å². The van der Waals surface area contributed by atoms with Crippen molar-refractivity contribution in [3.63, 3.8) is 0 Å². The highest BCUT2D eigenvalue weighted by Crippen LogP contribution is 2.20. The summed E-state index contributed by atoms with van der Waals surface area (Å²) in [6, 6.07) is 8.73. The molecule has 0 radical (unpaired) electrons. The summed E-state index contributed by atoms with van der Waals surface area (Å²) in [5, 5.41) is 3.31. The molecule has 1 aromatic heterocycles. The maximum atomic E-state index is 12.1. The van der Waals surface area contributed by atoms with E-state index in [0.29, 0.717) is 11.2 Å². The number of nitrogens with one attached hydrogen (secondary N) is 1. The second kappa shape index (κ2) is 4.80. The van der Waals surface area contributed by atoms with Crippen LogP contribution in [0.5, 0.6) is 0 Å². The lowest BCUT2D eigenvalue weighted by molar-refractivity contribution is -0.122. The smallest absolute Gasteiger partial charge is 0.270 e. The summed E-state index contributed by atoms with van der Waals surface area (Å²) >= 11 is 0. The Morgan fingerprint density at radius 2 is 1.90 bits per heavy atom. The van der Waals surface area contributed by atoms with Crippen LogP contribution in [0.1, 0.15) is 24.3 Å². The summed E-state index contributed by atoms with van der Waals surface area (Å²) in [6.45, 7) is 3.05. The van der Waals surface area contributed by atoms with E-state index in [2.05, 4.69) is 10.3 Å². The highest BCUT2D eigenvalue weighted by molar-refractivity contribution is 6.01. The molecule has 6 heteroatoms. The normalized spacial score (nSPS) is 11.3. The molecule has 0 aliphatic heterocycles. The zero-order valence-electron chi connectivity index (χ0n) is 11.3. The third kappa shape index (κ3) is 2.54. The number of pyridine rings is 1. The predicted octanol–water partition coefficient (Wildman–Crippen LogP) is 0.811. The molecule has 5 N–H and O–H groups in total. The number of para-hydroxylation sites is 1. The van der Waals surface area contributed by atoms with Crippen molar-refractivity contribution in [2.24, 2.45) is 5.73 Å². The Bertz CT molecular complexity index is 695. The van der Waals surface area contributed by atoms with Crippen molar-refractivity contribution in [3.8, 4) is 0 Å². The minimum atomic E-state index is -1.15. The monoisotopic (exact) mass is 272 g/mol. The van der Waals surface area contributed by atoms with Gasteiger partial charge in [0.1, 0.15) is 11.2 Å². The Labute approximate surface area is 116 Å².